The maximum atomic E-state index is 13.4. The van der Waals surface area contributed by atoms with Gasteiger partial charge in [-0.2, -0.15) is 5.26 Å². The van der Waals surface area contributed by atoms with Crippen molar-refractivity contribution in [3.63, 3.8) is 0 Å². The van der Waals surface area contributed by atoms with Gasteiger partial charge in [-0.15, -0.1) is 11.3 Å². The van der Waals surface area contributed by atoms with E-state index in [0.29, 0.717) is 29.9 Å². The summed E-state index contributed by atoms with van der Waals surface area (Å²) >= 11 is 1.45. The van der Waals surface area contributed by atoms with Gasteiger partial charge in [0.2, 0.25) is 0 Å². The minimum absolute atomic E-state index is 0.0968. The number of carbonyl (C=O) groups is 1. The van der Waals surface area contributed by atoms with Gasteiger partial charge in [0.25, 0.3) is 0 Å². The van der Waals surface area contributed by atoms with E-state index in [1.54, 1.807) is 6.07 Å². The average molecular weight is 526 g/mol. The van der Waals surface area contributed by atoms with Gasteiger partial charge >= 0.3 is 5.97 Å². The molecule has 1 saturated heterocycles. The molecule has 5 nitrogen and oxygen atoms in total. The number of ether oxygens (including phenoxy) is 1. The summed E-state index contributed by atoms with van der Waals surface area (Å²) in [5.74, 6) is -0.331. The van der Waals surface area contributed by atoms with Crippen LogP contribution in [-0.2, 0) is 24.1 Å². The number of rotatable bonds is 7. The molecular formula is C27H31NO4S2Si. The summed E-state index contributed by atoms with van der Waals surface area (Å²) in [5.41, 5.74) is 1.60. The smallest absolute Gasteiger partial charge is 0.307 e. The van der Waals surface area contributed by atoms with E-state index in [-0.39, 0.29) is 12.2 Å². The number of thiophene rings is 1. The van der Waals surface area contributed by atoms with Gasteiger partial charge in [0, 0.05) is 17.8 Å². The second-order valence-electron chi connectivity index (χ2n) is 10.5. The number of sulfone groups is 1. The van der Waals surface area contributed by atoms with Crippen molar-refractivity contribution in [2.24, 2.45) is 0 Å². The highest BCUT2D eigenvalue weighted by atomic mass is 32.2. The quantitative estimate of drug-likeness (QED) is 0.259. The van der Waals surface area contributed by atoms with E-state index >= 15 is 0 Å². The van der Waals surface area contributed by atoms with E-state index in [1.807, 2.05) is 36.4 Å². The summed E-state index contributed by atoms with van der Waals surface area (Å²) in [6, 6.07) is 18.5. The molecule has 3 aromatic rings. The van der Waals surface area contributed by atoms with Gasteiger partial charge in [0.15, 0.2) is 9.84 Å². The lowest BCUT2D eigenvalue weighted by molar-refractivity contribution is -0.144. The highest BCUT2D eigenvalue weighted by molar-refractivity contribution is 7.92. The third-order valence-corrected chi connectivity index (χ3v) is 12.4. The van der Waals surface area contributed by atoms with Crippen molar-refractivity contribution in [3.05, 3.63) is 59.0 Å². The van der Waals surface area contributed by atoms with E-state index in [1.165, 1.54) is 11.3 Å². The van der Waals surface area contributed by atoms with Crippen LogP contribution in [-0.4, -0.2) is 34.8 Å². The van der Waals surface area contributed by atoms with Crippen LogP contribution in [0.5, 0.6) is 0 Å². The summed E-state index contributed by atoms with van der Waals surface area (Å²) in [7, 11) is -4.87. The molecule has 0 radical (unpaired) electrons. The first-order chi connectivity index (χ1) is 16.5. The topological polar surface area (TPSA) is 84.2 Å². The predicted molar refractivity (Wildman–Crippen MR) is 145 cm³/mol. The maximum Gasteiger partial charge on any atom is 0.307 e. The summed E-state index contributed by atoms with van der Waals surface area (Å²) in [4.78, 5) is 14.5. The summed E-state index contributed by atoms with van der Waals surface area (Å²) < 4.78 is 31.2. The first-order valence-electron chi connectivity index (χ1n) is 12.0. The molecule has 2 aromatic carbocycles. The Labute approximate surface area is 212 Å². The van der Waals surface area contributed by atoms with E-state index in [4.69, 9.17) is 10.00 Å². The van der Waals surface area contributed by atoms with Crippen molar-refractivity contribution >= 4 is 46.0 Å². The molecule has 1 fully saturated rings. The summed E-state index contributed by atoms with van der Waals surface area (Å²) in [6.45, 7) is 7.01. The second-order valence-corrected chi connectivity index (χ2v) is 19.7. The standard InChI is InChI=1S/C27H31NO4S2Si/c1-35(2,3)15-13-32-26(29)18-27(12-4-5-14-34(27,30)31)25-11-10-24(33-25)23-9-8-21-16-20(19-28)6-7-22(21)17-23/h6-11,16-17H,4-5,12-15,18H2,1-3H3/t27-/m0/s1. The first kappa shape index (κ1) is 25.6. The molecule has 1 aliphatic heterocycles. The van der Waals surface area contributed by atoms with Gasteiger partial charge in [-0.1, -0.05) is 44.3 Å². The zero-order chi connectivity index (χ0) is 25.3. The highest BCUT2D eigenvalue weighted by Crippen LogP contribution is 2.47. The van der Waals surface area contributed by atoms with Crippen LogP contribution in [0.4, 0.5) is 0 Å². The minimum Gasteiger partial charge on any atom is -0.466 e. The predicted octanol–water partition coefficient (Wildman–Crippen LogP) is 6.51. The van der Waals surface area contributed by atoms with Crippen LogP contribution in [0.25, 0.3) is 21.2 Å². The molecule has 4 rings (SSSR count). The zero-order valence-corrected chi connectivity index (χ0v) is 23.1. The molecule has 1 atom stereocenters. The third-order valence-electron chi connectivity index (χ3n) is 6.69. The lowest BCUT2D eigenvalue weighted by atomic mass is 9.95. The Morgan fingerprint density at radius 2 is 1.83 bits per heavy atom. The summed E-state index contributed by atoms with van der Waals surface area (Å²) in [5, 5.41) is 11.1. The van der Waals surface area contributed by atoms with Crippen LogP contribution in [0.15, 0.2) is 48.5 Å². The monoisotopic (exact) mass is 525 g/mol. The number of fused-ring (bicyclic) bond motifs is 1. The SMILES string of the molecule is C[Si](C)(C)CCOC(=O)C[C@]1(c2ccc(-c3ccc4cc(C#N)ccc4c3)s2)CCCCS1(=O)=O. The van der Waals surface area contributed by atoms with Gasteiger partial charge < -0.3 is 4.74 Å². The largest absolute Gasteiger partial charge is 0.466 e. The number of nitriles is 1. The fourth-order valence-electron chi connectivity index (χ4n) is 4.58. The molecule has 1 aromatic heterocycles. The van der Waals surface area contributed by atoms with Crippen LogP contribution in [0.2, 0.25) is 25.7 Å². The van der Waals surface area contributed by atoms with Crippen LogP contribution in [0.1, 0.15) is 36.1 Å². The van der Waals surface area contributed by atoms with Gasteiger partial charge in [-0.05, 0) is 65.6 Å². The Balaban J connectivity index is 1.65. The average Bonchev–Trinajstić information content (AvgIpc) is 3.29. The van der Waals surface area contributed by atoms with E-state index in [2.05, 4.69) is 31.8 Å². The third kappa shape index (κ3) is 5.53. The molecule has 0 saturated carbocycles. The Morgan fingerprint density at radius 1 is 1.09 bits per heavy atom. The molecule has 8 heteroatoms. The number of carbonyl (C=O) groups excluding carboxylic acids is 1. The molecular weight excluding hydrogens is 495 g/mol. The molecule has 1 aliphatic rings. The number of esters is 1. The number of hydrogen-bond donors (Lipinski definition) is 0. The minimum atomic E-state index is -3.51. The van der Waals surface area contributed by atoms with Crippen LogP contribution in [0.3, 0.4) is 0 Å². The number of hydrogen-bond acceptors (Lipinski definition) is 6. The van der Waals surface area contributed by atoms with Crippen molar-refractivity contribution < 1.29 is 17.9 Å². The van der Waals surface area contributed by atoms with Gasteiger partial charge in [0.1, 0.15) is 4.75 Å². The van der Waals surface area contributed by atoms with Gasteiger partial charge in [-0.3, -0.25) is 4.79 Å². The summed E-state index contributed by atoms with van der Waals surface area (Å²) in [6.07, 6.45) is 1.71. The molecule has 2 heterocycles. The molecule has 35 heavy (non-hydrogen) atoms. The van der Waals surface area contributed by atoms with Crippen molar-refractivity contribution in [1.82, 2.24) is 0 Å². The zero-order valence-electron chi connectivity index (χ0n) is 20.5. The molecule has 0 unspecified atom stereocenters. The normalized spacial score (nSPS) is 19.8. The first-order valence-corrected chi connectivity index (χ1v) is 18.1. The van der Waals surface area contributed by atoms with Crippen molar-refractivity contribution in [2.75, 3.05) is 12.4 Å². The van der Waals surface area contributed by atoms with Crippen LogP contribution < -0.4 is 0 Å². The van der Waals surface area contributed by atoms with Crippen LogP contribution in [0, 0.1) is 11.3 Å². The second kappa shape index (κ2) is 9.88. The number of benzene rings is 2. The lowest BCUT2D eigenvalue weighted by Gasteiger charge is -2.35. The molecule has 184 valence electrons. The fourth-order valence-corrected chi connectivity index (χ4v) is 9.05. The Bertz CT molecular complexity index is 1400. The molecule has 0 spiro atoms. The van der Waals surface area contributed by atoms with E-state index in [0.717, 1.165) is 33.7 Å². The Kier molecular flexibility index (Phi) is 7.23. The maximum absolute atomic E-state index is 13.4. The number of nitrogens with zero attached hydrogens (tertiary/aromatic N) is 1. The molecule has 0 N–H and O–H groups in total. The highest BCUT2D eigenvalue weighted by Gasteiger charge is 2.49. The molecule has 0 aliphatic carbocycles. The van der Waals surface area contributed by atoms with Crippen molar-refractivity contribution in [3.8, 4) is 16.5 Å². The van der Waals surface area contributed by atoms with Crippen LogP contribution >= 0.6 is 11.3 Å². The fraction of sp³-hybridized carbons (Fsp3) is 0.407. The van der Waals surface area contributed by atoms with Crippen molar-refractivity contribution in [1.29, 1.82) is 5.26 Å². The van der Waals surface area contributed by atoms with E-state index in [9.17, 15) is 13.2 Å². The van der Waals surface area contributed by atoms with Gasteiger partial charge in [-0.25, -0.2) is 8.42 Å². The van der Waals surface area contributed by atoms with Crippen molar-refractivity contribution in [2.45, 2.75) is 56.1 Å². The molecule has 0 amide bonds. The lowest BCUT2D eigenvalue weighted by Crippen LogP contribution is -2.42. The van der Waals surface area contributed by atoms with E-state index < -0.39 is 28.6 Å². The Hall–Kier alpha value is -2.47. The Morgan fingerprint density at radius 3 is 2.54 bits per heavy atom. The van der Waals surface area contributed by atoms with Gasteiger partial charge in [0.05, 0.1) is 30.4 Å². The molecule has 0 bridgehead atoms.